The largest absolute Gasteiger partial charge is 0.375 e. The van der Waals surface area contributed by atoms with Crippen LogP contribution in [0, 0.1) is 5.82 Å². The first kappa shape index (κ1) is 9.62. The van der Waals surface area contributed by atoms with Crippen molar-refractivity contribution >= 4 is 0 Å². The van der Waals surface area contributed by atoms with Crippen LogP contribution in [-0.4, -0.2) is 19.2 Å². The molecule has 1 saturated heterocycles. The molecular weight excluding hydrogens is 181 g/mol. The lowest BCUT2D eigenvalue weighted by Gasteiger charge is -2.27. The molecule has 0 saturated carbocycles. The van der Waals surface area contributed by atoms with Gasteiger partial charge in [0.1, 0.15) is 5.82 Å². The molecule has 1 heterocycles. The predicted octanol–water partition coefficient (Wildman–Crippen LogP) is 1.70. The Morgan fingerprint density at radius 3 is 3.00 bits per heavy atom. The zero-order chi connectivity index (χ0) is 9.80. The molecule has 1 atom stereocenters. The summed E-state index contributed by atoms with van der Waals surface area (Å²) in [5, 5.41) is 3.24. The molecule has 0 amide bonds. The maximum atomic E-state index is 12.8. The van der Waals surface area contributed by atoms with E-state index in [1.54, 1.807) is 6.07 Å². The Labute approximate surface area is 83.1 Å². The van der Waals surface area contributed by atoms with Gasteiger partial charge in [-0.25, -0.2) is 4.39 Å². The lowest BCUT2D eigenvalue weighted by Crippen LogP contribution is -2.45. The lowest BCUT2D eigenvalue weighted by molar-refractivity contribution is 0.0806. The summed E-state index contributed by atoms with van der Waals surface area (Å²) < 4.78 is 18.2. The summed E-state index contributed by atoms with van der Waals surface area (Å²) in [5.41, 5.74) is 0.893. The summed E-state index contributed by atoms with van der Waals surface area (Å²) in [6.07, 6.45) is 1.18. The van der Waals surface area contributed by atoms with Crippen LogP contribution in [-0.2, 0) is 11.3 Å². The van der Waals surface area contributed by atoms with Gasteiger partial charge in [0.2, 0.25) is 0 Å². The van der Waals surface area contributed by atoms with Crippen molar-refractivity contribution in [1.29, 1.82) is 0 Å². The standard InChI is InChI=1S/C11H14FNO/c12-10-3-1-2-9(6-10)7-14-8-11-4-5-13-11/h1-3,6,11,13H,4-5,7-8H2. The van der Waals surface area contributed by atoms with E-state index in [2.05, 4.69) is 5.32 Å². The minimum atomic E-state index is -0.201. The van der Waals surface area contributed by atoms with Crippen molar-refractivity contribution in [3.8, 4) is 0 Å². The van der Waals surface area contributed by atoms with Crippen LogP contribution in [0.3, 0.4) is 0 Å². The molecule has 3 heteroatoms. The third-order valence-corrected chi connectivity index (χ3v) is 2.40. The second-order valence-corrected chi connectivity index (χ2v) is 3.58. The molecule has 1 N–H and O–H groups in total. The molecule has 1 fully saturated rings. The van der Waals surface area contributed by atoms with Crippen LogP contribution < -0.4 is 5.32 Å². The lowest BCUT2D eigenvalue weighted by atomic mass is 10.1. The molecule has 14 heavy (non-hydrogen) atoms. The SMILES string of the molecule is Fc1cccc(COCC2CCN2)c1. The van der Waals surface area contributed by atoms with Crippen molar-refractivity contribution < 1.29 is 9.13 Å². The van der Waals surface area contributed by atoms with Gasteiger partial charge in [-0.15, -0.1) is 0 Å². The van der Waals surface area contributed by atoms with Crippen LogP contribution in [0.15, 0.2) is 24.3 Å². The second kappa shape index (κ2) is 4.53. The molecule has 0 aromatic heterocycles. The van der Waals surface area contributed by atoms with Gasteiger partial charge < -0.3 is 10.1 Å². The van der Waals surface area contributed by atoms with E-state index in [0.717, 1.165) is 18.7 Å². The minimum absolute atomic E-state index is 0.201. The van der Waals surface area contributed by atoms with E-state index in [-0.39, 0.29) is 5.82 Å². The van der Waals surface area contributed by atoms with Gasteiger partial charge in [0, 0.05) is 6.04 Å². The smallest absolute Gasteiger partial charge is 0.123 e. The third kappa shape index (κ3) is 2.53. The van der Waals surface area contributed by atoms with Crippen LogP contribution in [0.4, 0.5) is 4.39 Å². The van der Waals surface area contributed by atoms with E-state index < -0.39 is 0 Å². The summed E-state index contributed by atoms with van der Waals surface area (Å²) in [6.45, 7) is 2.31. The molecule has 2 nitrogen and oxygen atoms in total. The Morgan fingerprint density at radius 1 is 1.50 bits per heavy atom. The van der Waals surface area contributed by atoms with E-state index >= 15 is 0 Å². The summed E-state index contributed by atoms with van der Waals surface area (Å²) in [6, 6.07) is 7.03. The first-order valence-corrected chi connectivity index (χ1v) is 4.90. The average Bonchev–Trinajstić information content (AvgIpc) is 2.09. The van der Waals surface area contributed by atoms with Crippen molar-refractivity contribution in [3.63, 3.8) is 0 Å². The fourth-order valence-electron chi connectivity index (χ4n) is 1.44. The van der Waals surface area contributed by atoms with Crippen molar-refractivity contribution in [3.05, 3.63) is 35.6 Å². The number of benzene rings is 1. The molecule has 2 rings (SSSR count). The number of hydrogen-bond donors (Lipinski definition) is 1. The van der Waals surface area contributed by atoms with Crippen LogP contribution in [0.25, 0.3) is 0 Å². The van der Waals surface area contributed by atoms with Gasteiger partial charge in [-0.3, -0.25) is 0 Å². The Hall–Kier alpha value is -0.930. The van der Waals surface area contributed by atoms with E-state index in [1.807, 2.05) is 6.07 Å². The molecular formula is C11H14FNO. The molecule has 1 aliphatic heterocycles. The Kier molecular flexibility index (Phi) is 3.11. The van der Waals surface area contributed by atoms with Gasteiger partial charge in [-0.1, -0.05) is 12.1 Å². The molecule has 1 unspecified atom stereocenters. The number of ether oxygens (including phenoxy) is 1. The highest BCUT2D eigenvalue weighted by Crippen LogP contribution is 2.07. The molecule has 1 aromatic rings. The number of halogens is 1. The normalized spacial score (nSPS) is 20.5. The van der Waals surface area contributed by atoms with Gasteiger partial charge >= 0.3 is 0 Å². The van der Waals surface area contributed by atoms with Crippen molar-refractivity contribution in [2.24, 2.45) is 0 Å². The van der Waals surface area contributed by atoms with E-state index in [1.165, 1.54) is 18.6 Å². The Morgan fingerprint density at radius 2 is 2.36 bits per heavy atom. The molecule has 76 valence electrons. The average molecular weight is 195 g/mol. The van der Waals surface area contributed by atoms with Crippen LogP contribution >= 0.6 is 0 Å². The number of hydrogen-bond acceptors (Lipinski definition) is 2. The number of rotatable bonds is 4. The number of nitrogens with one attached hydrogen (secondary N) is 1. The summed E-state index contributed by atoms with van der Waals surface area (Å²) >= 11 is 0. The minimum Gasteiger partial charge on any atom is -0.375 e. The highest BCUT2D eigenvalue weighted by Gasteiger charge is 2.15. The van der Waals surface area contributed by atoms with E-state index in [9.17, 15) is 4.39 Å². The molecule has 0 spiro atoms. The van der Waals surface area contributed by atoms with Crippen molar-refractivity contribution in [2.45, 2.75) is 19.1 Å². The zero-order valence-corrected chi connectivity index (χ0v) is 8.00. The van der Waals surface area contributed by atoms with Gasteiger partial charge in [0.25, 0.3) is 0 Å². The fourth-order valence-corrected chi connectivity index (χ4v) is 1.44. The fraction of sp³-hybridized carbons (Fsp3) is 0.455. The Balaban J connectivity index is 1.74. The molecule has 0 radical (unpaired) electrons. The maximum Gasteiger partial charge on any atom is 0.123 e. The van der Waals surface area contributed by atoms with Crippen molar-refractivity contribution in [2.75, 3.05) is 13.2 Å². The monoisotopic (exact) mass is 195 g/mol. The first-order valence-electron chi connectivity index (χ1n) is 4.90. The van der Waals surface area contributed by atoms with Gasteiger partial charge in [-0.2, -0.15) is 0 Å². The molecule has 0 aliphatic carbocycles. The molecule has 1 aromatic carbocycles. The van der Waals surface area contributed by atoms with Crippen LogP contribution in [0.5, 0.6) is 0 Å². The summed E-state index contributed by atoms with van der Waals surface area (Å²) in [5.74, 6) is -0.201. The predicted molar refractivity (Wildman–Crippen MR) is 52.5 cm³/mol. The van der Waals surface area contributed by atoms with E-state index in [4.69, 9.17) is 4.74 Å². The van der Waals surface area contributed by atoms with Crippen LogP contribution in [0.1, 0.15) is 12.0 Å². The third-order valence-electron chi connectivity index (χ3n) is 2.40. The topological polar surface area (TPSA) is 21.3 Å². The summed E-state index contributed by atoms with van der Waals surface area (Å²) in [4.78, 5) is 0. The van der Waals surface area contributed by atoms with Gasteiger partial charge in [-0.05, 0) is 30.7 Å². The molecule has 0 bridgehead atoms. The highest BCUT2D eigenvalue weighted by molar-refractivity contribution is 5.15. The van der Waals surface area contributed by atoms with Crippen LogP contribution in [0.2, 0.25) is 0 Å². The van der Waals surface area contributed by atoms with Gasteiger partial charge in [0.05, 0.1) is 13.2 Å². The van der Waals surface area contributed by atoms with Crippen molar-refractivity contribution in [1.82, 2.24) is 5.32 Å². The Bertz CT molecular complexity index is 299. The maximum absolute atomic E-state index is 12.8. The van der Waals surface area contributed by atoms with E-state index in [0.29, 0.717) is 12.6 Å². The van der Waals surface area contributed by atoms with Gasteiger partial charge in [0.15, 0.2) is 0 Å². The first-order chi connectivity index (χ1) is 6.84. The molecule has 1 aliphatic rings. The zero-order valence-electron chi connectivity index (χ0n) is 8.00. The highest BCUT2D eigenvalue weighted by atomic mass is 19.1. The second-order valence-electron chi connectivity index (χ2n) is 3.58. The quantitative estimate of drug-likeness (QED) is 0.789. The summed E-state index contributed by atoms with van der Waals surface area (Å²) in [7, 11) is 0.